The van der Waals surface area contributed by atoms with Crippen LogP contribution >= 0.6 is 0 Å². The first-order valence-corrected chi connectivity index (χ1v) is 12.8. The van der Waals surface area contributed by atoms with Crippen LogP contribution < -0.4 is 10.1 Å². The number of carbonyl (C=O) groups excluding carboxylic acids is 2. The van der Waals surface area contributed by atoms with E-state index in [-0.39, 0.29) is 16.9 Å². The lowest BCUT2D eigenvalue weighted by Gasteiger charge is -2.56. The van der Waals surface area contributed by atoms with Gasteiger partial charge in [-0.05, 0) is 105 Å². The summed E-state index contributed by atoms with van der Waals surface area (Å²) in [5.74, 6) is 1.94. The number of hydrogen-bond acceptors (Lipinski definition) is 4. The van der Waals surface area contributed by atoms with Gasteiger partial charge in [0.25, 0.3) is 5.91 Å². The summed E-state index contributed by atoms with van der Waals surface area (Å²) in [6.07, 6.45) is 11.7. The standard InChI is InChI=1S/C27H34FNO4/c1-32-26(31)24(19-4-5-19)29-25(30)21-9-20(18-2-3-18)23(10-22(21)28)33-14-27-11-15-6-16(12-27)8-17(7-15)13-27/h9-10,15-19,24H,2-8,11-14H2,1H3,(H,29,30)/t15?,16?,17?,24-,27?/m0/s1. The average Bonchev–Trinajstić information content (AvgIpc) is 3.68. The molecule has 1 N–H and O–H groups in total. The van der Waals surface area contributed by atoms with Crippen molar-refractivity contribution in [3.8, 4) is 5.75 Å². The Morgan fingerprint density at radius 2 is 1.70 bits per heavy atom. The van der Waals surface area contributed by atoms with Crippen molar-refractivity contribution in [2.24, 2.45) is 29.1 Å². The molecule has 1 aromatic rings. The number of rotatable bonds is 8. The van der Waals surface area contributed by atoms with E-state index in [4.69, 9.17) is 9.47 Å². The molecule has 6 aliphatic carbocycles. The van der Waals surface area contributed by atoms with Gasteiger partial charge in [0.2, 0.25) is 0 Å². The van der Waals surface area contributed by atoms with Crippen molar-refractivity contribution in [2.45, 2.75) is 76.2 Å². The minimum Gasteiger partial charge on any atom is -0.493 e. The van der Waals surface area contributed by atoms with Gasteiger partial charge in [0.15, 0.2) is 0 Å². The Bertz CT molecular complexity index is 932. The number of hydrogen-bond donors (Lipinski definition) is 1. The quantitative estimate of drug-likeness (QED) is 0.562. The van der Waals surface area contributed by atoms with Crippen molar-refractivity contribution in [1.82, 2.24) is 5.32 Å². The molecule has 0 saturated heterocycles. The Hall–Kier alpha value is -2.11. The molecule has 1 aromatic carbocycles. The number of amides is 1. The third kappa shape index (κ3) is 4.15. The lowest BCUT2D eigenvalue weighted by Crippen LogP contribution is -2.48. The number of benzene rings is 1. The predicted octanol–water partition coefficient (Wildman–Crippen LogP) is 4.98. The predicted molar refractivity (Wildman–Crippen MR) is 120 cm³/mol. The van der Waals surface area contributed by atoms with Crippen molar-refractivity contribution in [1.29, 1.82) is 0 Å². The third-order valence-electron chi connectivity index (χ3n) is 8.90. The van der Waals surface area contributed by atoms with E-state index in [0.717, 1.165) is 49.0 Å². The van der Waals surface area contributed by atoms with Crippen LogP contribution in [0.25, 0.3) is 0 Å². The molecule has 33 heavy (non-hydrogen) atoms. The molecule has 6 fully saturated rings. The maximum absolute atomic E-state index is 15.1. The summed E-state index contributed by atoms with van der Waals surface area (Å²) in [4.78, 5) is 25.0. The molecule has 0 aromatic heterocycles. The van der Waals surface area contributed by atoms with Crippen LogP contribution in [0.15, 0.2) is 12.1 Å². The first-order chi connectivity index (χ1) is 15.9. The fraction of sp³-hybridized carbons (Fsp3) is 0.704. The summed E-state index contributed by atoms with van der Waals surface area (Å²) in [5.41, 5.74) is 1.18. The van der Waals surface area contributed by atoms with Gasteiger partial charge in [0.1, 0.15) is 17.6 Å². The smallest absolute Gasteiger partial charge is 0.328 e. The lowest BCUT2D eigenvalue weighted by atomic mass is 9.50. The third-order valence-corrected chi connectivity index (χ3v) is 8.90. The second-order valence-electron chi connectivity index (χ2n) is 11.7. The molecular formula is C27H34FNO4. The molecule has 6 heteroatoms. The highest BCUT2D eigenvalue weighted by Gasteiger charge is 2.51. The van der Waals surface area contributed by atoms with Gasteiger partial charge in [-0.3, -0.25) is 4.79 Å². The molecule has 0 radical (unpaired) electrons. The number of carbonyl (C=O) groups is 2. The highest BCUT2D eigenvalue weighted by molar-refractivity contribution is 5.97. The molecule has 0 aliphatic heterocycles. The summed E-state index contributed by atoms with van der Waals surface area (Å²) in [6, 6.07) is 2.37. The van der Waals surface area contributed by atoms with E-state index >= 15 is 4.39 Å². The number of ether oxygens (including phenoxy) is 2. The fourth-order valence-corrected chi connectivity index (χ4v) is 7.43. The van der Waals surface area contributed by atoms with Crippen molar-refractivity contribution in [2.75, 3.05) is 13.7 Å². The Balaban J connectivity index is 1.20. The minimum absolute atomic E-state index is 0.00592. The van der Waals surface area contributed by atoms with Crippen LogP contribution in [0, 0.1) is 34.9 Å². The normalized spacial score (nSPS) is 33.0. The van der Waals surface area contributed by atoms with Gasteiger partial charge in [0.05, 0.1) is 19.3 Å². The molecule has 0 spiro atoms. The highest BCUT2D eigenvalue weighted by atomic mass is 19.1. The van der Waals surface area contributed by atoms with Crippen LogP contribution in [0.4, 0.5) is 4.39 Å². The fourth-order valence-electron chi connectivity index (χ4n) is 7.43. The van der Waals surface area contributed by atoms with Crippen molar-refractivity contribution < 1.29 is 23.5 Å². The molecule has 1 atom stereocenters. The van der Waals surface area contributed by atoms with Crippen molar-refractivity contribution in [3.05, 3.63) is 29.1 Å². The Morgan fingerprint density at radius 3 is 2.24 bits per heavy atom. The molecule has 4 bridgehead atoms. The van der Waals surface area contributed by atoms with Crippen LogP contribution in [0.1, 0.15) is 86.0 Å². The minimum atomic E-state index is -0.710. The van der Waals surface area contributed by atoms with Gasteiger partial charge in [-0.2, -0.15) is 0 Å². The molecule has 5 nitrogen and oxygen atoms in total. The van der Waals surface area contributed by atoms with Crippen molar-refractivity contribution in [3.63, 3.8) is 0 Å². The van der Waals surface area contributed by atoms with E-state index in [0.29, 0.717) is 18.3 Å². The van der Waals surface area contributed by atoms with Crippen LogP contribution in [0.5, 0.6) is 5.75 Å². The van der Waals surface area contributed by atoms with E-state index in [1.54, 1.807) is 6.07 Å². The summed E-state index contributed by atoms with van der Waals surface area (Å²) in [5, 5.41) is 2.72. The largest absolute Gasteiger partial charge is 0.493 e. The van der Waals surface area contributed by atoms with E-state index in [2.05, 4.69) is 5.32 Å². The van der Waals surface area contributed by atoms with E-state index in [1.807, 2.05) is 0 Å². The Labute approximate surface area is 194 Å². The molecule has 6 aliphatic rings. The number of methoxy groups -OCH3 is 1. The first kappa shape index (κ1) is 21.4. The highest BCUT2D eigenvalue weighted by Crippen LogP contribution is 2.60. The molecule has 1 amide bonds. The van der Waals surface area contributed by atoms with Crippen molar-refractivity contribution >= 4 is 11.9 Å². The monoisotopic (exact) mass is 455 g/mol. The zero-order valence-corrected chi connectivity index (χ0v) is 19.4. The lowest BCUT2D eigenvalue weighted by molar-refractivity contribution is -0.143. The van der Waals surface area contributed by atoms with Crippen LogP contribution in [-0.2, 0) is 9.53 Å². The van der Waals surface area contributed by atoms with E-state index < -0.39 is 23.7 Å². The Morgan fingerprint density at radius 1 is 1.06 bits per heavy atom. The molecule has 0 unspecified atom stereocenters. The molecular weight excluding hydrogens is 421 g/mol. The second kappa shape index (κ2) is 7.99. The first-order valence-electron chi connectivity index (χ1n) is 12.8. The number of nitrogens with one attached hydrogen (secondary N) is 1. The maximum atomic E-state index is 15.1. The van der Waals surface area contributed by atoms with E-state index in [1.165, 1.54) is 51.7 Å². The van der Waals surface area contributed by atoms with Crippen LogP contribution in [0.3, 0.4) is 0 Å². The topological polar surface area (TPSA) is 64.6 Å². The Kier molecular flexibility index (Phi) is 5.19. The second-order valence-corrected chi connectivity index (χ2v) is 11.7. The van der Waals surface area contributed by atoms with Crippen LogP contribution in [0.2, 0.25) is 0 Å². The molecule has 7 rings (SSSR count). The summed E-state index contributed by atoms with van der Waals surface area (Å²) in [6.45, 7) is 0.660. The zero-order chi connectivity index (χ0) is 22.7. The SMILES string of the molecule is COC(=O)[C@@H](NC(=O)c1cc(C2CC2)c(OCC23CC4CC(CC(C4)C2)C3)cc1F)C1CC1. The van der Waals surface area contributed by atoms with Gasteiger partial charge < -0.3 is 14.8 Å². The summed E-state index contributed by atoms with van der Waals surface area (Å²) < 4.78 is 26.4. The van der Waals surface area contributed by atoms with Gasteiger partial charge in [0, 0.05) is 11.5 Å². The van der Waals surface area contributed by atoms with Crippen LogP contribution in [-0.4, -0.2) is 31.6 Å². The zero-order valence-electron chi connectivity index (χ0n) is 19.4. The molecule has 178 valence electrons. The van der Waals surface area contributed by atoms with Gasteiger partial charge >= 0.3 is 5.97 Å². The van der Waals surface area contributed by atoms with E-state index in [9.17, 15) is 9.59 Å². The summed E-state index contributed by atoms with van der Waals surface area (Å²) in [7, 11) is 1.31. The average molecular weight is 456 g/mol. The summed E-state index contributed by atoms with van der Waals surface area (Å²) >= 11 is 0. The van der Waals surface area contributed by atoms with Gasteiger partial charge in [-0.1, -0.05) is 0 Å². The molecule has 0 heterocycles. The van der Waals surface area contributed by atoms with Gasteiger partial charge in [-0.25, -0.2) is 9.18 Å². The number of esters is 1. The van der Waals surface area contributed by atoms with Gasteiger partial charge in [-0.15, -0.1) is 0 Å². The molecule has 6 saturated carbocycles. The number of halogens is 1. The maximum Gasteiger partial charge on any atom is 0.328 e.